The van der Waals surface area contributed by atoms with Crippen LogP contribution in [0.15, 0.2) is 53.9 Å². The van der Waals surface area contributed by atoms with Crippen LogP contribution >= 0.6 is 11.3 Å². The molecule has 0 atom stereocenters. The van der Waals surface area contributed by atoms with Crippen molar-refractivity contribution >= 4 is 28.9 Å². The number of nitrogens with zero attached hydrogens (tertiary/aromatic N) is 1. The van der Waals surface area contributed by atoms with Crippen molar-refractivity contribution in [3.63, 3.8) is 0 Å². The van der Waals surface area contributed by atoms with E-state index < -0.39 is 18.5 Å². The predicted octanol–water partition coefficient (Wildman–Crippen LogP) is 4.18. The first kappa shape index (κ1) is 19.6. The molecule has 3 aromatic rings. The summed E-state index contributed by atoms with van der Waals surface area (Å²) in [7, 11) is 1.51. The Balaban J connectivity index is 1.57. The maximum absolute atomic E-state index is 12.2. The van der Waals surface area contributed by atoms with Crippen molar-refractivity contribution in [2.45, 2.75) is 13.3 Å². The third kappa shape index (κ3) is 4.75. The van der Waals surface area contributed by atoms with Crippen molar-refractivity contribution in [1.82, 2.24) is 4.98 Å². The molecule has 0 spiro atoms. The fourth-order valence-corrected chi connectivity index (χ4v) is 3.32. The number of hydrogen-bond acceptors (Lipinski definition) is 6. The lowest BCUT2D eigenvalue weighted by molar-refractivity contribution is -0.119. The molecule has 1 aromatic heterocycles. The molecule has 0 aliphatic carbocycles. The van der Waals surface area contributed by atoms with E-state index in [2.05, 4.69) is 17.2 Å². The van der Waals surface area contributed by atoms with E-state index in [1.54, 1.807) is 29.6 Å². The largest absolute Gasteiger partial charge is 0.495 e. The SMILES string of the molecule is CCc1ccc(-c2nc(C(=O)OCC(=O)Nc3ccccc3OC)cs2)cc1. The standard InChI is InChI=1S/C21H20N2O4S/c1-3-14-8-10-15(11-9-14)20-23-17(13-28-20)21(25)27-12-19(24)22-16-6-4-5-7-18(16)26-2/h4-11,13H,3,12H2,1-2H3,(H,22,24). The molecule has 0 aliphatic heterocycles. The normalized spacial score (nSPS) is 10.4. The van der Waals surface area contributed by atoms with Crippen LogP contribution in [0.5, 0.6) is 5.75 Å². The number of ether oxygens (including phenoxy) is 2. The molecule has 144 valence electrons. The molecule has 3 rings (SSSR count). The number of carbonyl (C=O) groups is 2. The molecule has 28 heavy (non-hydrogen) atoms. The van der Waals surface area contributed by atoms with Gasteiger partial charge < -0.3 is 14.8 Å². The highest BCUT2D eigenvalue weighted by atomic mass is 32.1. The molecule has 6 nitrogen and oxygen atoms in total. The number of anilines is 1. The second-order valence-electron chi connectivity index (χ2n) is 5.91. The van der Waals surface area contributed by atoms with E-state index in [9.17, 15) is 9.59 Å². The monoisotopic (exact) mass is 396 g/mol. The number of benzene rings is 2. The minimum Gasteiger partial charge on any atom is -0.495 e. The molecule has 0 aliphatic rings. The molecule has 0 unspecified atom stereocenters. The topological polar surface area (TPSA) is 77.5 Å². The van der Waals surface area contributed by atoms with Gasteiger partial charge >= 0.3 is 5.97 Å². The zero-order chi connectivity index (χ0) is 19.9. The molecular formula is C21H20N2O4S. The van der Waals surface area contributed by atoms with Crippen LogP contribution in [0, 0.1) is 0 Å². The molecule has 1 heterocycles. The van der Waals surface area contributed by atoms with Gasteiger partial charge in [-0.2, -0.15) is 0 Å². The van der Waals surface area contributed by atoms with Gasteiger partial charge in [-0.1, -0.05) is 43.3 Å². The van der Waals surface area contributed by atoms with Crippen molar-refractivity contribution in [3.8, 4) is 16.3 Å². The fraction of sp³-hybridized carbons (Fsp3) is 0.190. The van der Waals surface area contributed by atoms with Crippen molar-refractivity contribution < 1.29 is 19.1 Å². The number of hydrogen-bond donors (Lipinski definition) is 1. The molecule has 0 bridgehead atoms. The van der Waals surface area contributed by atoms with Crippen LogP contribution in [-0.2, 0) is 16.0 Å². The van der Waals surface area contributed by atoms with Crippen LogP contribution in [0.2, 0.25) is 0 Å². The van der Waals surface area contributed by atoms with Crippen LogP contribution in [0.1, 0.15) is 23.0 Å². The Bertz CT molecular complexity index is 967. The Labute approximate surface area is 167 Å². The van der Waals surface area contributed by atoms with Gasteiger partial charge in [0.1, 0.15) is 10.8 Å². The molecule has 0 saturated heterocycles. The fourth-order valence-electron chi connectivity index (χ4n) is 2.52. The molecule has 0 fully saturated rings. The van der Waals surface area contributed by atoms with Gasteiger partial charge in [0.2, 0.25) is 0 Å². The lowest BCUT2D eigenvalue weighted by Gasteiger charge is -2.09. The second kappa shape index (κ2) is 9.14. The number of thiazole rings is 1. The van der Waals surface area contributed by atoms with Gasteiger partial charge in [-0.15, -0.1) is 11.3 Å². The molecular weight excluding hydrogens is 376 g/mol. The third-order valence-electron chi connectivity index (χ3n) is 4.04. The summed E-state index contributed by atoms with van der Waals surface area (Å²) in [5, 5.41) is 5.01. The Morgan fingerprint density at radius 2 is 1.86 bits per heavy atom. The van der Waals surface area contributed by atoms with Gasteiger partial charge in [0.15, 0.2) is 12.3 Å². The number of aromatic nitrogens is 1. The summed E-state index contributed by atoms with van der Waals surface area (Å²) in [5.74, 6) is -0.563. The lowest BCUT2D eigenvalue weighted by Crippen LogP contribution is -2.21. The summed E-state index contributed by atoms with van der Waals surface area (Å²) in [6.45, 7) is 1.69. The van der Waals surface area contributed by atoms with Gasteiger partial charge in [0.25, 0.3) is 5.91 Å². The van der Waals surface area contributed by atoms with Crippen LogP contribution in [0.3, 0.4) is 0 Å². The van der Waals surface area contributed by atoms with Crippen molar-refractivity contribution in [1.29, 1.82) is 0 Å². The highest BCUT2D eigenvalue weighted by molar-refractivity contribution is 7.13. The Morgan fingerprint density at radius 3 is 2.57 bits per heavy atom. The highest BCUT2D eigenvalue weighted by Crippen LogP contribution is 2.25. The quantitative estimate of drug-likeness (QED) is 0.606. The zero-order valence-corrected chi connectivity index (χ0v) is 16.4. The summed E-state index contributed by atoms with van der Waals surface area (Å²) >= 11 is 1.36. The van der Waals surface area contributed by atoms with Crippen molar-refractivity contribution in [2.75, 3.05) is 19.0 Å². The first-order chi connectivity index (χ1) is 13.6. The molecule has 7 heteroatoms. The van der Waals surface area contributed by atoms with E-state index in [4.69, 9.17) is 9.47 Å². The van der Waals surface area contributed by atoms with Gasteiger partial charge in [0, 0.05) is 10.9 Å². The van der Waals surface area contributed by atoms with E-state index >= 15 is 0 Å². The summed E-state index contributed by atoms with van der Waals surface area (Å²) in [6.07, 6.45) is 0.965. The highest BCUT2D eigenvalue weighted by Gasteiger charge is 2.15. The van der Waals surface area contributed by atoms with E-state index in [0.29, 0.717) is 11.4 Å². The Hall–Kier alpha value is -3.19. The van der Waals surface area contributed by atoms with Gasteiger partial charge in [-0.05, 0) is 24.1 Å². The molecule has 0 saturated carbocycles. The summed E-state index contributed by atoms with van der Waals surface area (Å²) in [6, 6.07) is 15.0. The first-order valence-corrected chi connectivity index (χ1v) is 9.63. The number of carbonyl (C=O) groups excluding carboxylic acids is 2. The van der Waals surface area contributed by atoms with Crippen molar-refractivity contribution in [3.05, 3.63) is 65.2 Å². The number of amides is 1. The number of esters is 1. The van der Waals surface area contributed by atoms with Gasteiger partial charge in [-0.25, -0.2) is 9.78 Å². The van der Waals surface area contributed by atoms with E-state index in [0.717, 1.165) is 17.0 Å². The van der Waals surface area contributed by atoms with Crippen LogP contribution in [-0.4, -0.2) is 30.6 Å². The average Bonchev–Trinajstić information content (AvgIpc) is 3.23. The number of aryl methyl sites for hydroxylation is 1. The lowest BCUT2D eigenvalue weighted by atomic mass is 10.1. The number of methoxy groups -OCH3 is 1. The maximum Gasteiger partial charge on any atom is 0.358 e. The molecule has 1 amide bonds. The van der Waals surface area contributed by atoms with E-state index in [-0.39, 0.29) is 5.69 Å². The smallest absolute Gasteiger partial charge is 0.358 e. The minimum absolute atomic E-state index is 0.185. The summed E-state index contributed by atoms with van der Waals surface area (Å²) in [5.41, 5.74) is 2.87. The van der Waals surface area contributed by atoms with Gasteiger partial charge in [0.05, 0.1) is 12.8 Å². The third-order valence-corrected chi connectivity index (χ3v) is 4.93. The minimum atomic E-state index is -0.636. The average molecular weight is 396 g/mol. The van der Waals surface area contributed by atoms with E-state index in [1.165, 1.54) is 24.0 Å². The van der Waals surface area contributed by atoms with E-state index in [1.807, 2.05) is 24.3 Å². The molecule has 2 aromatic carbocycles. The first-order valence-electron chi connectivity index (χ1n) is 8.75. The van der Waals surface area contributed by atoms with Crippen molar-refractivity contribution in [2.24, 2.45) is 0 Å². The zero-order valence-electron chi connectivity index (χ0n) is 15.6. The number of para-hydroxylation sites is 2. The summed E-state index contributed by atoms with van der Waals surface area (Å²) in [4.78, 5) is 28.5. The van der Waals surface area contributed by atoms with Crippen LogP contribution in [0.4, 0.5) is 5.69 Å². The molecule has 1 N–H and O–H groups in total. The van der Waals surface area contributed by atoms with Crippen LogP contribution < -0.4 is 10.1 Å². The Kier molecular flexibility index (Phi) is 6.39. The Morgan fingerprint density at radius 1 is 1.11 bits per heavy atom. The maximum atomic E-state index is 12.2. The summed E-state index contributed by atoms with van der Waals surface area (Å²) < 4.78 is 10.2. The second-order valence-corrected chi connectivity index (χ2v) is 6.77. The number of rotatable bonds is 7. The molecule has 0 radical (unpaired) electrons. The van der Waals surface area contributed by atoms with Gasteiger partial charge in [-0.3, -0.25) is 4.79 Å². The van der Waals surface area contributed by atoms with Crippen LogP contribution in [0.25, 0.3) is 10.6 Å². The predicted molar refractivity (Wildman–Crippen MR) is 109 cm³/mol. The number of nitrogens with one attached hydrogen (secondary N) is 1.